The van der Waals surface area contributed by atoms with Crippen LogP contribution in [0.4, 0.5) is 5.69 Å². The van der Waals surface area contributed by atoms with E-state index < -0.39 is 20.0 Å². The molecular formula is C18H23N3O4S2. The van der Waals surface area contributed by atoms with Gasteiger partial charge in [-0.05, 0) is 62.1 Å². The predicted molar refractivity (Wildman–Crippen MR) is 105 cm³/mol. The van der Waals surface area contributed by atoms with E-state index in [0.717, 1.165) is 6.42 Å². The summed E-state index contributed by atoms with van der Waals surface area (Å²) >= 11 is 0. The van der Waals surface area contributed by atoms with Crippen molar-refractivity contribution in [3.63, 3.8) is 0 Å². The van der Waals surface area contributed by atoms with Crippen LogP contribution >= 0.6 is 0 Å². The van der Waals surface area contributed by atoms with Crippen molar-refractivity contribution in [1.82, 2.24) is 9.71 Å². The molecule has 1 fully saturated rings. The number of benzene rings is 1. The third kappa shape index (κ3) is 4.31. The normalized spacial score (nSPS) is 17.0. The number of aryl methyl sites for hydroxylation is 2. The van der Waals surface area contributed by atoms with Gasteiger partial charge in [0.1, 0.15) is 0 Å². The monoisotopic (exact) mass is 409 g/mol. The van der Waals surface area contributed by atoms with E-state index in [1.165, 1.54) is 10.4 Å². The summed E-state index contributed by atoms with van der Waals surface area (Å²) < 4.78 is 54.1. The van der Waals surface area contributed by atoms with Crippen LogP contribution < -0.4 is 9.03 Å². The molecule has 1 N–H and O–H groups in total. The number of aromatic nitrogens is 1. The van der Waals surface area contributed by atoms with Crippen molar-refractivity contribution in [2.45, 2.75) is 38.1 Å². The van der Waals surface area contributed by atoms with Gasteiger partial charge in [-0.2, -0.15) is 0 Å². The number of anilines is 1. The summed E-state index contributed by atoms with van der Waals surface area (Å²) in [6.07, 6.45) is 3.05. The fourth-order valence-electron chi connectivity index (χ4n) is 3.14. The molecule has 1 saturated heterocycles. The van der Waals surface area contributed by atoms with Gasteiger partial charge in [0.05, 0.1) is 28.6 Å². The molecule has 0 unspecified atom stereocenters. The minimum Gasteiger partial charge on any atom is -0.270 e. The van der Waals surface area contributed by atoms with Gasteiger partial charge in [0.15, 0.2) is 0 Å². The molecule has 0 atom stereocenters. The molecule has 0 bridgehead atoms. The first-order valence-electron chi connectivity index (χ1n) is 8.72. The Morgan fingerprint density at radius 2 is 1.93 bits per heavy atom. The fourth-order valence-corrected chi connectivity index (χ4v) is 6.14. The van der Waals surface area contributed by atoms with Gasteiger partial charge in [-0.25, -0.2) is 21.6 Å². The van der Waals surface area contributed by atoms with Crippen molar-refractivity contribution in [2.75, 3.05) is 16.6 Å². The summed E-state index contributed by atoms with van der Waals surface area (Å²) in [6.45, 7) is 3.92. The topological polar surface area (TPSA) is 96.4 Å². The van der Waals surface area contributed by atoms with Gasteiger partial charge in [-0.15, -0.1) is 0 Å². The lowest BCUT2D eigenvalue weighted by molar-refractivity contribution is 0.574. The van der Waals surface area contributed by atoms with E-state index >= 15 is 0 Å². The highest BCUT2D eigenvalue weighted by Crippen LogP contribution is 2.31. The SMILES string of the molecule is Cc1cc(S(=O)(=O)NCc2ccccn2)c(C)cc1N1CCCCS1(=O)=O. The van der Waals surface area contributed by atoms with Crippen molar-refractivity contribution in [1.29, 1.82) is 0 Å². The zero-order valence-electron chi connectivity index (χ0n) is 15.3. The maximum absolute atomic E-state index is 12.7. The van der Waals surface area contributed by atoms with Crippen LogP contribution in [0, 0.1) is 13.8 Å². The summed E-state index contributed by atoms with van der Waals surface area (Å²) in [6, 6.07) is 8.48. The van der Waals surface area contributed by atoms with E-state index in [-0.39, 0.29) is 17.2 Å². The third-order valence-electron chi connectivity index (χ3n) is 4.57. The van der Waals surface area contributed by atoms with Gasteiger partial charge in [0.2, 0.25) is 20.0 Å². The lowest BCUT2D eigenvalue weighted by Gasteiger charge is -2.30. The molecule has 0 saturated carbocycles. The quantitative estimate of drug-likeness (QED) is 0.816. The van der Waals surface area contributed by atoms with E-state index in [1.54, 1.807) is 44.3 Å². The summed E-state index contributed by atoms with van der Waals surface area (Å²) in [5.74, 6) is 0.122. The number of nitrogens with zero attached hydrogens (tertiary/aromatic N) is 2. The molecule has 3 rings (SSSR count). The highest BCUT2D eigenvalue weighted by atomic mass is 32.2. The van der Waals surface area contributed by atoms with E-state index in [1.807, 2.05) is 0 Å². The number of hydrogen-bond acceptors (Lipinski definition) is 5. The molecule has 2 heterocycles. The van der Waals surface area contributed by atoms with Crippen LogP contribution in [0.1, 0.15) is 29.7 Å². The van der Waals surface area contributed by atoms with Crippen LogP contribution in [0.5, 0.6) is 0 Å². The largest absolute Gasteiger partial charge is 0.270 e. The Hall–Kier alpha value is -1.97. The fraction of sp³-hybridized carbons (Fsp3) is 0.389. The number of hydrogen-bond donors (Lipinski definition) is 1. The number of pyridine rings is 1. The van der Waals surface area contributed by atoms with Crippen molar-refractivity contribution in [2.24, 2.45) is 0 Å². The second-order valence-electron chi connectivity index (χ2n) is 6.65. The minimum absolute atomic E-state index is 0.0872. The summed E-state index contributed by atoms with van der Waals surface area (Å²) in [4.78, 5) is 4.25. The van der Waals surface area contributed by atoms with Gasteiger partial charge in [-0.1, -0.05) is 6.07 Å². The molecule has 9 heteroatoms. The second kappa shape index (κ2) is 7.57. The second-order valence-corrected chi connectivity index (χ2v) is 10.4. The molecule has 0 radical (unpaired) electrons. The van der Waals surface area contributed by atoms with Crippen molar-refractivity contribution >= 4 is 25.7 Å². The van der Waals surface area contributed by atoms with E-state index in [2.05, 4.69) is 9.71 Å². The van der Waals surface area contributed by atoms with Crippen LogP contribution in [-0.4, -0.2) is 34.1 Å². The van der Waals surface area contributed by atoms with Crippen molar-refractivity contribution in [3.05, 3.63) is 53.3 Å². The van der Waals surface area contributed by atoms with Gasteiger partial charge < -0.3 is 0 Å². The minimum atomic E-state index is -3.75. The number of rotatable bonds is 5. The van der Waals surface area contributed by atoms with Crippen molar-refractivity contribution < 1.29 is 16.8 Å². The third-order valence-corrected chi connectivity index (χ3v) is 7.97. The van der Waals surface area contributed by atoms with Crippen LogP contribution in [-0.2, 0) is 26.6 Å². The number of sulfonamides is 2. The van der Waals surface area contributed by atoms with E-state index in [0.29, 0.717) is 35.5 Å². The first kappa shape index (κ1) is 19.8. The molecule has 7 nitrogen and oxygen atoms in total. The Labute approximate surface area is 160 Å². The molecule has 27 heavy (non-hydrogen) atoms. The van der Waals surface area contributed by atoms with Crippen molar-refractivity contribution in [3.8, 4) is 0 Å². The zero-order valence-corrected chi connectivity index (χ0v) is 17.0. The molecular weight excluding hydrogens is 386 g/mol. The van der Waals surface area contributed by atoms with Gasteiger partial charge in [0.25, 0.3) is 0 Å². The molecule has 1 aliphatic heterocycles. The highest BCUT2D eigenvalue weighted by Gasteiger charge is 2.28. The lowest BCUT2D eigenvalue weighted by atomic mass is 10.1. The van der Waals surface area contributed by atoms with Crippen LogP contribution in [0.2, 0.25) is 0 Å². The van der Waals surface area contributed by atoms with Gasteiger partial charge in [-0.3, -0.25) is 9.29 Å². The van der Waals surface area contributed by atoms with Crippen LogP contribution in [0.25, 0.3) is 0 Å². The Bertz CT molecular complexity index is 1040. The zero-order chi connectivity index (χ0) is 19.7. The van der Waals surface area contributed by atoms with E-state index in [9.17, 15) is 16.8 Å². The smallest absolute Gasteiger partial charge is 0.241 e. The summed E-state index contributed by atoms with van der Waals surface area (Å²) in [5, 5.41) is 0. The molecule has 1 aliphatic rings. The molecule has 1 aromatic carbocycles. The first-order chi connectivity index (χ1) is 12.7. The molecule has 146 valence electrons. The van der Waals surface area contributed by atoms with Crippen LogP contribution in [0.3, 0.4) is 0 Å². The van der Waals surface area contributed by atoms with E-state index in [4.69, 9.17) is 0 Å². The maximum Gasteiger partial charge on any atom is 0.241 e. The van der Waals surface area contributed by atoms with Gasteiger partial charge in [0, 0.05) is 12.7 Å². The maximum atomic E-state index is 12.7. The first-order valence-corrected chi connectivity index (χ1v) is 11.8. The standard InChI is InChI=1S/C18H23N3O4S2/c1-14-12-18(27(24,25)20-13-16-7-3-4-8-19-16)15(2)11-17(14)21-9-5-6-10-26(21,22)23/h3-4,7-8,11-12,20H,5-6,9-10,13H2,1-2H3. The Balaban J connectivity index is 1.90. The molecule has 0 aliphatic carbocycles. The van der Waals surface area contributed by atoms with Gasteiger partial charge >= 0.3 is 0 Å². The lowest BCUT2D eigenvalue weighted by Crippen LogP contribution is -2.38. The average molecular weight is 410 g/mol. The summed E-state index contributed by atoms with van der Waals surface area (Å²) in [5.41, 5.74) is 2.29. The number of nitrogens with one attached hydrogen (secondary N) is 1. The molecule has 2 aromatic rings. The molecule has 1 aromatic heterocycles. The Morgan fingerprint density at radius 1 is 1.15 bits per heavy atom. The highest BCUT2D eigenvalue weighted by molar-refractivity contribution is 7.92. The van der Waals surface area contributed by atoms with Crippen LogP contribution in [0.15, 0.2) is 41.4 Å². The molecule has 0 amide bonds. The average Bonchev–Trinajstić information content (AvgIpc) is 2.62. The Kier molecular flexibility index (Phi) is 5.55. The predicted octanol–water partition coefficient (Wildman–Crippen LogP) is 2.11. The summed E-state index contributed by atoms with van der Waals surface area (Å²) in [7, 11) is -7.10. The molecule has 0 spiro atoms. The Morgan fingerprint density at radius 3 is 2.59 bits per heavy atom.